The lowest BCUT2D eigenvalue weighted by Gasteiger charge is -2.24. The van der Waals surface area contributed by atoms with Gasteiger partial charge < -0.3 is 4.52 Å². The highest BCUT2D eigenvalue weighted by atomic mass is 32.2. The van der Waals surface area contributed by atoms with E-state index in [1.165, 1.54) is 27.8 Å². The molecule has 0 radical (unpaired) electrons. The van der Waals surface area contributed by atoms with Gasteiger partial charge in [0.15, 0.2) is 0 Å². The first-order valence-corrected chi connectivity index (χ1v) is 11.9. The van der Waals surface area contributed by atoms with E-state index in [4.69, 9.17) is 4.52 Å². The summed E-state index contributed by atoms with van der Waals surface area (Å²) in [4.78, 5) is 5.81. The Morgan fingerprint density at radius 2 is 1.90 bits per heavy atom. The number of hydrogen-bond acceptors (Lipinski definition) is 6. The Kier molecular flexibility index (Phi) is 4.67. The first-order valence-electron chi connectivity index (χ1n) is 9.67. The van der Waals surface area contributed by atoms with Crippen molar-refractivity contribution in [1.29, 1.82) is 0 Å². The van der Waals surface area contributed by atoms with E-state index in [0.29, 0.717) is 27.6 Å². The summed E-state index contributed by atoms with van der Waals surface area (Å²) in [6.45, 7) is 3.68. The number of halogens is 1. The zero-order valence-corrected chi connectivity index (χ0v) is 18.4. The van der Waals surface area contributed by atoms with Crippen LogP contribution in [0.5, 0.6) is 0 Å². The summed E-state index contributed by atoms with van der Waals surface area (Å²) in [6, 6.07) is 14.8. The van der Waals surface area contributed by atoms with Gasteiger partial charge in [-0.05, 0) is 62.2 Å². The topological polar surface area (TPSA) is 76.3 Å². The molecule has 0 spiro atoms. The second-order valence-electron chi connectivity index (χ2n) is 7.44. The highest BCUT2D eigenvalue weighted by molar-refractivity contribution is 7.93. The number of fused-ring (bicyclic) bond motifs is 1. The minimum atomic E-state index is -3.76. The molecule has 0 N–H and O–H groups in total. The lowest BCUT2D eigenvalue weighted by molar-refractivity contribution is 0.433. The smallest absolute Gasteiger partial charge is 0.268 e. The van der Waals surface area contributed by atoms with Crippen LogP contribution in [0.3, 0.4) is 0 Å². The first-order chi connectivity index (χ1) is 14.8. The normalized spacial score (nSPS) is 16.0. The number of hydrogen-bond donors (Lipinski definition) is 0. The maximum atomic E-state index is 13.6. The van der Waals surface area contributed by atoms with Crippen molar-refractivity contribution in [3.8, 4) is 22.2 Å². The summed E-state index contributed by atoms with van der Waals surface area (Å²) in [6.07, 6.45) is 0.677. The van der Waals surface area contributed by atoms with Crippen LogP contribution in [0.2, 0.25) is 0 Å². The van der Waals surface area contributed by atoms with E-state index < -0.39 is 10.0 Å². The fraction of sp³-hybridized carbons (Fsp3) is 0.182. The Morgan fingerprint density at radius 1 is 1.16 bits per heavy atom. The van der Waals surface area contributed by atoms with Crippen molar-refractivity contribution in [1.82, 2.24) is 10.1 Å². The Labute approximate surface area is 183 Å². The van der Waals surface area contributed by atoms with Gasteiger partial charge in [-0.25, -0.2) is 12.8 Å². The van der Waals surface area contributed by atoms with Crippen molar-refractivity contribution in [2.24, 2.45) is 0 Å². The highest BCUT2D eigenvalue weighted by Gasteiger charge is 2.37. The summed E-state index contributed by atoms with van der Waals surface area (Å²) in [5.74, 6) is 0.185. The van der Waals surface area contributed by atoms with E-state index in [2.05, 4.69) is 10.1 Å². The molecule has 6 nitrogen and oxygen atoms in total. The third kappa shape index (κ3) is 3.34. The molecule has 2 aromatic carbocycles. The molecule has 0 saturated heterocycles. The van der Waals surface area contributed by atoms with Gasteiger partial charge in [-0.15, -0.1) is 11.3 Å². The zero-order valence-electron chi connectivity index (χ0n) is 16.7. The van der Waals surface area contributed by atoms with Gasteiger partial charge in [0.1, 0.15) is 10.7 Å². The number of para-hydroxylation sites is 1. The molecular weight excluding hydrogens is 437 g/mol. The van der Waals surface area contributed by atoms with Gasteiger partial charge in [0.05, 0.1) is 10.6 Å². The quantitative estimate of drug-likeness (QED) is 0.430. The summed E-state index contributed by atoms with van der Waals surface area (Å²) < 4.78 is 47.1. The van der Waals surface area contributed by atoms with Crippen LogP contribution in [0, 0.1) is 12.7 Å². The number of thiophene rings is 1. The zero-order chi connectivity index (χ0) is 21.8. The average molecular weight is 456 g/mol. The monoisotopic (exact) mass is 455 g/mol. The van der Waals surface area contributed by atoms with Crippen molar-refractivity contribution >= 4 is 27.0 Å². The average Bonchev–Trinajstić information content (AvgIpc) is 3.44. The number of nitrogens with zero attached hydrogens (tertiary/aromatic N) is 3. The number of benzene rings is 2. The Bertz CT molecular complexity index is 1380. The first kappa shape index (κ1) is 19.9. The van der Waals surface area contributed by atoms with Crippen LogP contribution < -0.4 is 4.31 Å². The van der Waals surface area contributed by atoms with E-state index in [0.717, 1.165) is 11.3 Å². The van der Waals surface area contributed by atoms with Crippen molar-refractivity contribution in [2.75, 3.05) is 4.31 Å². The van der Waals surface area contributed by atoms with Gasteiger partial charge in [-0.3, -0.25) is 4.31 Å². The maximum Gasteiger partial charge on any atom is 0.268 e. The van der Waals surface area contributed by atoms with Crippen molar-refractivity contribution in [3.05, 3.63) is 70.9 Å². The molecule has 1 aliphatic heterocycles. The van der Waals surface area contributed by atoms with Crippen molar-refractivity contribution < 1.29 is 17.3 Å². The lowest BCUT2D eigenvalue weighted by Crippen LogP contribution is -2.35. The molecule has 0 bridgehead atoms. The van der Waals surface area contributed by atoms with Gasteiger partial charge >= 0.3 is 0 Å². The van der Waals surface area contributed by atoms with Gasteiger partial charge in [0, 0.05) is 16.5 Å². The van der Waals surface area contributed by atoms with Crippen LogP contribution in [0.4, 0.5) is 10.1 Å². The fourth-order valence-corrected chi connectivity index (χ4v) is 7.06. The van der Waals surface area contributed by atoms with Crippen LogP contribution >= 0.6 is 11.3 Å². The minimum absolute atomic E-state index is 0.168. The van der Waals surface area contributed by atoms with Crippen LogP contribution in [0.1, 0.15) is 17.4 Å². The predicted octanol–water partition coefficient (Wildman–Crippen LogP) is 5.05. The van der Waals surface area contributed by atoms with Crippen LogP contribution in [0.25, 0.3) is 22.2 Å². The number of sulfonamides is 1. The summed E-state index contributed by atoms with van der Waals surface area (Å²) in [5.41, 5.74) is 2.35. The number of rotatable bonds is 4. The van der Waals surface area contributed by atoms with E-state index in [9.17, 15) is 12.8 Å². The van der Waals surface area contributed by atoms with Crippen molar-refractivity contribution in [3.63, 3.8) is 0 Å². The third-order valence-electron chi connectivity index (χ3n) is 5.29. The van der Waals surface area contributed by atoms with E-state index in [1.807, 2.05) is 31.2 Å². The molecule has 158 valence electrons. The Hall–Kier alpha value is -3.04. The minimum Gasteiger partial charge on any atom is -0.333 e. The predicted molar refractivity (Wildman–Crippen MR) is 117 cm³/mol. The van der Waals surface area contributed by atoms with E-state index in [1.54, 1.807) is 25.1 Å². The van der Waals surface area contributed by atoms with E-state index in [-0.39, 0.29) is 22.6 Å². The Morgan fingerprint density at radius 3 is 2.68 bits per heavy atom. The van der Waals surface area contributed by atoms with Crippen LogP contribution in [-0.4, -0.2) is 24.6 Å². The standard InChI is InChI=1S/C22H18FN3O3S2/c1-13-11-16-5-3-4-6-18(16)26(13)31(27,28)20-12-19(30-14(20)2)22-24-21(25-29-22)15-7-9-17(23)10-8-15/h3-10,12-13H,11H2,1-2H3. The number of anilines is 1. The van der Waals surface area contributed by atoms with Gasteiger partial charge in [0.2, 0.25) is 5.82 Å². The molecule has 0 aliphatic carbocycles. The summed E-state index contributed by atoms with van der Waals surface area (Å²) >= 11 is 1.28. The molecule has 3 heterocycles. The highest BCUT2D eigenvalue weighted by Crippen LogP contribution is 2.40. The van der Waals surface area contributed by atoms with Gasteiger partial charge in [0.25, 0.3) is 15.9 Å². The summed E-state index contributed by atoms with van der Waals surface area (Å²) in [5, 5.41) is 3.95. The molecular formula is C22H18FN3O3S2. The molecule has 4 aromatic rings. The lowest BCUT2D eigenvalue weighted by atomic mass is 10.1. The Balaban J connectivity index is 1.51. The second-order valence-corrected chi connectivity index (χ2v) is 10.5. The second kappa shape index (κ2) is 7.28. The molecule has 5 rings (SSSR count). The summed E-state index contributed by atoms with van der Waals surface area (Å²) in [7, 11) is -3.76. The number of aromatic nitrogens is 2. The molecule has 0 saturated carbocycles. The van der Waals surface area contributed by atoms with Gasteiger partial charge in [-0.1, -0.05) is 23.4 Å². The molecule has 1 atom stereocenters. The van der Waals surface area contributed by atoms with Crippen LogP contribution in [-0.2, 0) is 16.4 Å². The van der Waals surface area contributed by atoms with Crippen LogP contribution in [0.15, 0.2) is 64.0 Å². The number of aryl methyl sites for hydroxylation is 1. The third-order valence-corrected chi connectivity index (χ3v) is 8.52. The van der Waals surface area contributed by atoms with Gasteiger partial charge in [-0.2, -0.15) is 4.98 Å². The molecule has 1 unspecified atom stereocenters. The maximum absolute atomic E-state index is 13.6. The fourth-order valence-electron chi connectivity index (χ4n) is 3.88. The molecule has 0 amide bonds. The van der Waals surface area contributed by atoms with Crippen molar-refractivity contribution in [2.45, 2.75) is 31.2 Å². The SMILES string of the molecule is Cc1sc(-c2nc(-c3ccc(F)cc3)no2)cc1S(=O)(=O)N1c2ccccc2CC1C. The molecule has 31 heavy (non-hydrogen) atoms. The molecule has 2 aromatic heterocycles. The molecule has 9 heteroatoms. The molecule has 1 aliphatic rings. The largest absolute Gasteiger partial charge is 0.333 e. The molecule has 0 fully saturated rings. The van der Waals surface area contributed by atoms with E-state index >= 15 is 0 Å².